The molecule has 0 saturated carbocycles. The van der Waals surface area contributed by atoms with Gasteiger partial charge in [0.15, 0.2) is 6.61 Å². The number of carbonyl (C=O) groups is 1. The van der Waals surface area contributed by atoms with E-state index in [1.807, 2.05) is 36.4 Å². The Morgan fingerprint density at radius 2 is 1.96 bits per heavy atom. The van der Waals surface area contributed by atoms with Crippen LogP contribution in [0.2, 0.25) is 0 Å². The molecule has 0 aliphatic rings. The van der Waals surface area contributed by atoms with Gasteiger partial charge in [-0.05, 0) is 17.7 Å². The number of anilines is 1. The van der Waals surface area contributed by atoms with Crippen molar-refractivity contribution >= 4 is 11.9 Å². The Morgan fingerprint density at radius 1 is 1.12 bits per heavy atom. The zero-order valence-corrected chi connectivity index (χ0v) is 13.3. The average Bonchev–Trinajstić information content (AvgIpc) is 2.66. The highest BCUT2D eigenvalue weighted by molar-refractivity contribution is 5.68. The summed E-state index contributed by atoms with van der Waals surface area (Å²) in [5.41, 5.74) is 2.46. The van der Waals surface area contributed by atoms with Crippen molar-refractivity contribution in [2.45, 2.75) is 6.54 Å². The molecule has 3 rings (SSSR count). The second-order valence-corrected chi connectivity index (χ2v) is 5.18. The molecule has 2 N–H and O–H groups in total. The van der Waals surface area contributed by atoms with Gasteiger partial charge in [-0.1, -0.05) is 30.3 Å². The number of aliphatic carboxylic acids is 1. The number of nitrogens with zero attached hydrogens (tertiary/aromatic N) is 3. The van der Waals surface area contributed by atoms with Crippen LogP contribution in [0.25, 0.3) is 11.3 Å². The van der Waals surface area contributed by atoms with E-state index in [1.165, 1.54) is 0 Å². The predicted octanol–water partition coefficient (Wildman–Crippen LogP) is 2.61. The summed E-state index contributed by atoms with van der Waals surface area (Å²) in [6.07, 6.45) is 3.34. The number of ether oxygens (including phenoxy) is 1. The Morgan fingerprint density at radius 3 is 2.68 bits per heavy atom. The van der Waals surface area contributed by atoms with Crippen LogP contribution >= 0.6 is 0 Å². The zero-order valence-electron chi connectivity index (χ0n) is 13.3. The lowest BCUT2D eigenvalue weighted by atomic mass is 10.2. The number of aromatic nitrogens is 3. The second-order valence-electron chi connectivity index (χ2n) is 5.18. The molecule has 0 radical (unpaired) electrons. The van der Waals surface area contributed by atoms with Crippen LogP contribution in [0.5, 0.6) is 5.88 Å². The number of hydrogen-bond acceptors (Lipinski definition) is 6. The molecule has 0 aliphatic heterocycles. The molecular weight excluding hydrogens is 320 g/mol. The summed E-state index contributed by atoms with van der Waals surface area (Å²) in [6.45, 7) is 0.0668. The van der Waals surface area contributed by atoms with Gasteiger partial charge in [0, 0.05) is 30.6 Å². The zero-order chi connectivity index (χ0) is 17.5. The highest BCUT2D eigenvalue weighted by Gasteiger charge is 2.09. The third kappa shape index (κ3) is 4.74. The third-order valence-electron chi connectivity index (χ3n) is 3.30. The van der Waals surface area contributed by atoms with E-state index in [4.69, 9.17) is 9.84 Å². The maximum absolute atomic E-state index is 10.7. The molecule has 2 heterocycles. The molecule has 126 valence electrons. The highest BCUT2D eigenvalue weighted by atomic mass is 16.5. The molecule has 7 nitrogen and oxygen atoms in total. The first-order valence-electron chi connectivity index (χ1n) is 7.62. The molecule has 7 heteroatoms. The molecule has 0 aliphatic carbocycles. The van der Waals surface area contributed by atoms with E-state index in [0.717, 1.165) is 11.1 Å². The van der Waals surface area contributed by atoms with E-state index < -0.39 is 12.6 Å². The van der Waals surface area contributed by atoms with E-state index in [-0.39, 0.29) is 5.88 Å². The monoisotopic (exact) mass is 336 g/mol. The lowest BCUT2D eigenvalue weighted by Gasteiger charge is -2.10. The Hall–Kier alpha value is -3.48. The largest absolute Gasteiger partial charge is 0.479 e. The molecule has 2 aromatic heterocycles. The van der Waals surface area contributed by atoms with Gasteiger partial charge in [0.25, 0.3) is 0 Å². The molecule has 0 bridgehead atoms. The highest BCUT2D eigenvalue weighted by Crippen LogP contribution is 2.22. The molecule has 0 amide bonds. The van der Waals surface area contributed by atoms with Crippen molar-refractivity contribution < 1.29 is 14.6 Å². The van der Waals surface area contributed by atoms with Gasteiger partial charge >= 0.3 is 5.97 Å². The van der Waals surface area contributed by atoms with Gasteiger partial charge in [-0.25, -0.2) is 9.78 Å². The van der Waals surface area contributed by atoms with Gasteiger partial charge in [0.05, 0.1) is 5.69 Å². The van der Waals surface area contributed by atoms with Crippen LogP contribution < -0.4 is 10.1 Å². The number of rotatable bonds is 7. The first kappa shape index (κ1) is 16.4. The van der Waals surface area contributed by atoms with Crippen molar-refractivity contribution in [1.29, 1.82) is 0 Å². The van der Waals surface area contributed by atoms with Crippen LogP contribution in [0.15, 0.2) is 60.9 Å². The molecular formula is C18H16N4O3. The van der Waals surface area contributed by atoms with Crippen molar-refractivity contribution in [2.24, 2.45) is 0 Å². The molecule has 0 atom stereocenters. The smallest absolute Gasteiger partial charge is 0.341 e. The first-order valence-corrected chi connectivity index (χ1v) is 7.62. The molecule has 0 unspecified atom stereocenters. The maximum Gasteiger partial charge on any atom is 0.341 e. The van der Waals surface area contributed by atoms with Crippen molar-refractivity contribution in [2.75, 3.05) is 11.9 Å². The number of carboxylic acids is 1. The minimum atomic E-state index is -1.07. The standard InChI is InChI=1S/C18H16N4O3/c23-17(24)12-25-16-9-15(14-7-4-8-19-11-14)21-18(22-16)20-10-13-5-2-1-3-6-13/h1-9,11H,10,12H2,(H,23,24)(H,20,21,22). The summed E-state index contributed by atoms with van der Waals surface area (Å²) in [6, 6.07) is 15.1. The summed E-state index contributed by atoms with van der Waals surface area (Å²) in [7, 11) is 0. The van der Waals surface area contributed by atoms with E-state index >= 15 is 0 Å². The van der Waals surface area contributed by atoms with Gasteiger partial charge < -0.3 is 15.2 Å². The van der Waals surface area contributed by atoms with Gasteiger partial charge in [-0.2, -0.15) is 4.98 Å². The Balaban J connectivity index is 1.85. The predicted molar refractivity (Wildman–Crippen MR) is 92.2 cm³/mol. The molecule has 3 aromatic rings. The summed E-state index contributed by atoms with van der Waals surface area (Å²) in [4.78, 5) is 23.5. The fourth-order valence-corrected chi connectivity index (χ4v) is 2.15. The fraction of sp³-hybridized carbons (Fsp3) is 0.111. The lowest BCUT2D eigenvalue weighted by Crippen LogP contribution is -2.12. The average molecular weight is 336 g/mol. The van der Waals surface area contributed by atoms with Crippen molar-refractivity contribution in [3.8, 4) is 17.1 Å². The quantitative estimate of drug-likeness (QED) is 0.684. The minimum Gasteiger partial charge on any atom is -0.479 e. The van der Waals surface area contributed by atoms with E-state index in [1.54, 1.807) is 24.5 Å². The van der Waals surface area contributed by atoms with Crippen molar-refractivity contribution in [3.63, 3.8) is 0 Å². The first-order chi connectivity index (χ1) is 12.2. The number of hydrogen-bond donors (Lipinski definition) is 2. The van der Waals surface area contributed by atoms with Crippen LogP contribution in [0.3, 0.4) is 0 Å². The summed E-state index contributed by atoms with van der Waals surface area (Å²) in [5, 5.41) is 11.9. The van der Waals surface area contributed by atoms with E-state index in [9.17, 15) is 4.79 Å². The van der Waals surface area contributed by atoms with Crippen LogP contribution in [0.4, 0.5) is 5.95 Å². The Bertz CT molecular complexity index is 841. The van der Waals surface area contributed by atoms with Crippen LogP contribution in [-0.4, -0.2) is 32.6 Å². The van der Waals surface area contributed by atoms with E-state index in [0.29, 0.717) is 18.2 Å². The maximum atomic E-state index is 10.7. The van der Waals surface area contributed by atoms with Crippen LogP contribution in [0, 0.1) is 0 Å². The minimum absolute atomic E-state index is 0.187. The van der Waals surface area contributed by atoms with Gasteiger partial charge in [-0.15, -0.1) is 0 Å². The summed E-state index contributed by atoms with van der Waals surface area (Å²) < 4.78 is 5.21. The van der Waals surface area contributed by atoms with Crippen LogP contribution in [0.1, 0.15) is 5.56 Å². The van der Waals surface area contributed by atoms with Crippen molar-refractivity contribution in [3.05, 3.63) is 66.5 Å². The number of nitrogens with one attached hydrogen (secondary N) is 1. The second kappa shape index (κ2) is 7.87. The fourth-order valence-electron chi connectivity index (χ4n) is 2.15. The van der Waals surface area contributed by atoms with Gasteiger partial charge in [-0.3, -0.25) is 4.98 Å². The SMILES string of the molecule is O=C(O)COc1cc(-c2cccnc2)nc(NCc2ccccc2)n1. The number of carboxylic acid groups (broad SMARTS) is 1. The molecule has 0 saturated heterocycles. The van der Waals surface area contributed by atoms with Crippen molar-refractivity contribution in [1.82, 2.24) is 15.0 Å². The Labute approximate surface area is 144 Å². The molecule has 0 fully saturated rings. The van der Waals surface area contributed by atoms with Crippen LogP contribution in [-0.2, 0) is 11.3 Å². The molecule has 0 spiro atoms. The third-order valence-corrected chi connectivity index (χ3v) is 3.30. The summed E-state index contributed by atoms with van der Waals surface area (Å²) >= 11 is 0. The normalized spacial score (nSPS) is 10.2. The number of pyridine rings is 1. The van der Waals surface area contributed by atoms with Gasteiger partial charge in [0.2, 0.25) is 11.8 Å². The molecule has 1 aromatic carbocycles. The van der Waals surface area contributed by atoms with E-state index in [2.05, 4.69) is 20.3 Å². The topological polar surface area (TPSA) is 97.2 Å². The summed E-state index contributed by atoms with van der Waals surface area (Å²) in [5.74, 6) is -0.530. The van der Waals surface area contributed by atoms with Gasteiger partial charge in [0.1, 0.15) is 0 Å². The number of benzene rings is 1. The Kier molecular flexibility index (Phi) is 5.16. The molecule has 25 heavy (non-hydrogen) atoms. The lowest BCUT2D eigenvalue weighted by molar-refractivity contribution is -0.139.